The number of aromatic nitrogens is 1. The number of anilines is 1. The first-order valence-corrected chi connectivity index (χ1v) is 13.0. The van der Waals surface area contributed by atoms with Crippen LogP contribution in [-0.4, -0.2) is 42.1 Å². The Morgan fingerprint density at radius 1 is 1.08 bits per heavy atom. The Morgan fingerprint density at radius 3 is 2.68 bits per heavy atom. The Labute approximate surface area is 223 Å². The second kappa shape index (κ2) is 9.20. The van der Waals surface area contributed by atoms with Crippen LogP contribution in [0.4, 0.5) is 5.13 Å². The summed E-state index contributed by atoms with van der Waals surface area (Å²) in [5.74, 6) is -0.192. The number of amides is 1. The average Bonchev–Trinajstić information content (AvgIpc) is 3.45. The van der Waals surface area contributed by atoms with Crippen molar-refractivity contribution in [3.8, 4) is 17.2 Å². The molecule has 10 heteroatoms. The summed E-state index contributed by atoms with van der Waals surface area (Å²) in [5.41, 5.74) is 1.62. The highest BCUT2D eigenvalue weighted by atomic mass is 79.9. The number of carbonyl (C=O) groups excluding carboxylic acids is 2. The lowest BCUT2D eigenvalue weighted by Gasteiger charge is -2.23. The third kappa shape index (κ3) is 4.02. The zero-order chi connectivity index (χ0) is 25.7. The molecule has 0 aliphatic carbocycles. The number of nitrogens with zero attached hydrogens (tertiary/aromatic N) is 2. The number of fused-ring (bicyclic) bond motifs is 2. The molecule has 37 heavy (non-hydrogen) atoms. The summed E-state index contributed by atoms with van der Waals surface area (Å²) in [6, 6.07) is 16.7. The monoisotopic (exact) mass is 578 g/mol. The number of halogens is 1. The van der Waals surface area contributed by atoms with Crippen LogP contribution < -0.4 is 19.1 Å². The van der Waals surface area contributed by atoms with Crippen molar-refractivity contribution in [2.24, 2.45) is 0 Å². The highest BCUT2D eigenvalue weighted by Crippen LogP contribution is 2.45. The standard InChI is InChI=1S/C27H19BrN2O6S/c1-34-17-6-7-18-21(13-17)37-27(29-18)30-23(14-3-2-4-16(28)11-14)22(25(32)26(30)33)24(31)15-5-8-19-20(12-15)36-10-9-35-19/h2-8,11-13,23,31H,9-10H2,1H3/b24-22+/t23-/m0/s1. The number of thiazole rings is 1. The number of rotatable bonds is 4. The summed E-state index contributed by atoms with van der Waals surface area (Å²) in [5, 5.41) is 11.8. The Kier molecular flexibility index (Phi) is 5.85. The van der Waals surface area contributed by atoms with Gasteiger partial charge in [-0.3, -0.25) is 14.5 Å². The van der Waals surface area contributed by atoms with Gasteiger partial charge in [0.15, 0.2) is 16.6 Å². The number of benzene rings is 3. The number of carbonyl (C=O) groups is 2. The highest BCUT2D eigenvalue weighted by Gasteiger charge is 2.48. The van der Waals surface area contributed by atoms with E-state index in [9.17, 15) is 14.7 Å². The van der Waals surface area contributed by atoms with Crippen LogP contribution in [0.25, 0.3) is 16.0 Å². The fraction of sp³-hybridized carbons (Fsp3) is 0.148. The fourth-order valence-electron chi connectivity index (χ4n) is 4.49. The topological polar surface area (TPSA) is 98.2 Å². The summed E-state index contributed by atoms with van der Waals surface area (Å²) in [7, 11) is 1.58. The first-order chi connectivity index (χ1) is 17.9. The minimum Gasteiger partial charge on any atom is -0.507 e. The van der Waals surface area contributed by atoms with Gasteiger partial charge in [0.25, 0.3) is 5.78 Å². The quantitative estimate of drug-likeness (QED) is 0.195. The minimum absolute atomic E-state index is 0.0309. The Morgan fingerprint density at radius 2 is 1.89 bits per heavy atom. The molecule has 0 spiro atoms. The Balaban J connectivity index is 1.53. The molecule has 0 saturated carbocycles. The molecule has 1 amide bonds. The van der Waals surface area contributed by atoms with E-state index < -0.39 is 17.7 Å². The molecule has 1 saturated heterocycles. The van der Waals surface area contributed by atoms with Gasteiger partial charge in [-0.2, -0.15) is 0 Å². The van der Waals surface area contributed by atoms with Crippen LogP contribution in [0.15, 0.2) is 70.7 Å². The SMILES string of the molecule is COc1ccc2nc(N3C(=O)C(=O)/C(=C(/O)c4ccc5c(c4)OCCO5)[C@@H]3c3cccc(Br)c3)sc2c1. The Hall–Kier alpha value is -3.89. The number of aliphatic hydroxyl groups excluding tert-OH is 1. The summed E-state index contributed by atoms with van der Waals surface area (Å²) >= 11 is 4.75. The van der Waals surface area contributed by atoms with Crippen LogP contribution in [0.5, 0.6) is 17.2 Å². The molecule has 8 nitrogen and oxygen atoms in total. The first-order valence-electron chi connectivity index (χ1n) is 11.4. The highest BCUT2D eigenvalue weighted by molar-refractivity contribution is 9.10. The number of aliphatic hydroxyl groups is 1. The van der Waals surface area contributed by atoms with Gasteiger partial charge < -0.3 is 19.3 Å². The summed E-state index contributed by atoms with van der Waals surface area (Å²) in [6.07, 6.45) is 0. The van der Waals surface area contributed by atoms with E-state index in [1.807, 2.05) is 30.3 Å². The molecule has 2 aliphatic rings. The van der Waals surface area contributed by atoms with Crippen molar-refractivity contribution in [2.75, 3.05) is 25.2 Å². The van der Waals surface area contributed by atoms with E-state index in [2.05, 4.69) is 20.9 Å². The van der Waals surface area contributed by atoms with Gasteiger partial charge >= 0.3 is 5.91 Å². The van der Waals surface area contributed by atoms with Crippen molar-refractivity contribution >= 4 is 60.1 Å². The van der Waals surface area contributed by atoms with E-state index in [1.165, 1.54) is 16.2 Å². The van der Waals surface area contributed by atoms with Gasteiger partial charge in [0.1, 0.15) is 24.7 Å². The van der Waals surface area contributed by atoms with Crippen molar-refractivity contribution in [1.29, 1.82) is 0 Å². The van der Waals surface area contributed by atoms with Gasteiger partial charge in [-0.1, -0.05) is 39.4 Å². The second-order valence-corrected chi connectivity index (χ2v) is 10.3. The summed E-state index contributed by atoms with van der Waals surface area (Å²) in [6.45, 7) is 0.808. The summed E-state index contributed by atoms with van der Waals surface area (Å²) in [4.78, 5) is 32.9. The number of Topliss-reactive ketones (excluding diaryl/α,β-unsaturated/α-hetero) is 1. The average molecular weight is 579 g/mol. The maximum absolute atomic E-state index is 13.5. The van der Waals surface area contributed by atoms with E-state index in [0.29, 0.717) is 52.2 Å². The smallest absolute Gasteiger partial charge is 0.301 e. The number of hydrogen-bond acceptors (Lipinski definition) is 8. The zero-order valence-electron chi connectivity index (χ0n) is 19.4. The van der Waals surface area contributed by atoms with E-state index >= 15 is 0 Å². The van der Waals surface area contributed by atoms with Crippen LogP contribution in [-0.2, 0) is 9.59 Å². The molecule has 0 bridgehead atoms. The van der Waals surface area contributed by atoms with E-state index in [1.54, 1.807) is 37.4 Å². The van der Waals surface area contributed by atoms with E-state index in [4.69, 9.17) is 14.2 Å². The molecule has 2 aliphatic heterocycles. The fourth-order valence-corrected chi connectivity index (χ4v) is 5.93. The van der Waals surface area contributed by atoms with Gasteiger partial charge in [-0.05, 0) is 54.1 Å². The lowest BCUT2D eigenvalue weighted by molar-refractivity contribution is -0.132. The predicted octanol–water partition coefficient (Wildman–Crippen LogP) is 5.46. The lowest BCUT2D eigenvalue weighted by atomic mass is 9.95. The molecule has 1 atom stereocenters. The zero-order valence-corrected chi connectivity index (χ0v) is 21.8. The molecule has 186 valence electrons. The maximum Gasteiger partial charge on any atom is 0.301 e. The van der Waals surface area contributed by atoms with Crippen LogP contribution in [0.3, 0.4) is 0 Å². The number of methoxy groups -OCH3 is 1. The molecular formula is C27H19BrN2O6S. The van der Waals surface area contributed by atoms with E-state index in [0.717, 1.165) is 9.17 Å². The maximum atomic E-state index is 13.5. The largest absolute Gasteiger partial charge is 0.507 e. The van der Waals surface area contributed by atoms with Crippen molar-refractivity contribution in [1.82, 2.24) is 4.98 Å². The van der Waals surface area contributed by atoms with Crippen LogP contribution in [0, 0.1) is 0 Å². The third-order valence-corrected chi connectivity index (χ3v) is 7.73. The molecule has 1 fully saturated rings. The van der Waals surface area contributed by atoms with Crippen LogP contribution >= 0.6 is 27.3 Å². The number of hydrogen-bond donors (Lipinski definition) is 1. The number of ether oxygens (including phenoxy) is 3. The second-order valence-electron chi connectivity index (χ2n) is 8.41. The van der Waals surface area contributed by atoms with Crippen molar-refractivity contribution < 1.29 is 28.9 Å². The molecule has 1 aromatic heterocycles. The van der Waals surface area contributed by atoms with Crippen molar-refractivity contribution in [3.63, 3.8) is 0 Å². The van der Waals surface area contributed by atoms with Crippen LogP contribution in [0.1, 0.15) is 17.2 Å². The predicted molar refractivity (Wildman–Crippen MR) is 143 cm³/mol. The molecule has 0 radical (unpaired) electrons. The Bertz CT molecular complexity index is 1610. The molecule has 3 aromatic carbocycles. The molecular weight excluding hydrogens is 560 g/mol. The van der Waals surface area contributed by atoms with Gasteiger partial charge in [-0.25, -0.2) is 4.98 Å². The summed E-state index contributed by atoms with van der Waals surface area (Å²) < 4.78 is 18.1. The normalized spacial score (nSPS) is 18.4. The minimum atomic E-state index is -0.895. The van der Waals surface area contributed by atoms with Gasteiger partial charge in [0.2, 0.25) is 0 Å². The van der Waals surface area contributed by atoms with Gasteiger partial charge in [0.05, 0.1) is 28.9 Å². The van der Waals surface area contributed by atoms with Gasteiger partial charge in [-0.15, -0.1) is 0 Å². The van der Waals surface area contributed by atoms with E-state index in [-0.39, 0.29) is 11.3 Å². The van der Waals surface area contributed by atoms with Crippen molar-refractivity contribution in [2.45, 2.75) is 6.04 Å². The third-order valence-electron chi connectivity index (χ3n) is 6.21. The number of ketones is 1. The van der Waals surface area contributed by atoms with Crippen molar-refractivity contribution in [3.05, 3.63) is 81.8 Å². The molecule has 4 aromatic rings. The molecule has 0 unspecified atom stereocenters. The first kappa shape index (κ1) is 23.5. The molecule has 1 N–H and O–H groups in total. The van der Waals surface area contributed by atoms with Gasteiger partial charge in [0, 0.05) is 10.0 Å². The molecule has 3 heterocycles. The lowest BCUT2D eigenvalue weighted by Crippen LogP contribution is -2.29. The molecule has 6 rings (SSSR count). The van der Waals surface area contributed by atoms with Crippen LogP contribution in [0.2, 0.25) is 0 Å².